The van der Waals surface area contributed by atoms with Crippen LogP contribution in [-0.2, 0) is 17.8 Å². The molecule has 4 aromatic rings. The van der Waals surface area contributed by atoms with Crippen LogP contribution in [0.4, 0.5) is 4.79 Å². The lowest BCUT2D eigenvalue weighted by atomic mass is 9.84. The van der Waals surface area contributed by atoms with Crippen LogP contribution in [-0.4, -0.2) is 32.1 Å². The lowest BCUT2D eigenvalue weighted by molar-refractivity contribution is -0.115. The molecule has 8 nitrogen and oxygen atoms in total. The van der Waals surface area contributed by atoms with Crippen LogP contribution in [0.3, 0.4) is 0 Å². The van der Waals surface area contributed by atoms with Crippen molar-refractivity contribution < 1.29 is 14.0 Å². The fourth-order valence-corrected chi connectivity index (χ4v) is 5.80. The van der Waals surface area contributed by atoms with Crippen LogP contribution in [0.2, 0.25) is 0 Å². The lowest BCUT2D eigenvalue weighted by Crippen LogP contribution is -2.33. The van der Waals surface area contributed by atoms with Gasteiger partial charge in [-0.25, -0.2) is 9.97 Å². The molecule has 38 heavy (non-hydrogen) atoms. The number of aromatic nitrogens is 3. The molecule has 192 valence electrons. The largest absolute Gasteiger partial charge is 0.454 e. The Hall–Kier alpha value is -3.82. The van der Waals surface area contributed by atoms with Crippen molar-refractivity contribution in [3.05, 3.63) is 82.9 Å². The number of pyridine rings is 1. The van der Waals surface area contributed by atoms with E-state index >= 15 is 0 Å². The van der Waals surface area contributed by atoms with Crippen molar-refractivity contribution in [3.8, 4) is 11.5 Å². The quantitative estimate of drug-likeness (QED) is 0.305. The van der Waals surface area contributed by atoms with Gasteiger partial charge < -0.3 is 9.73 Å². The molecule has 2 amide bonds. The van der Waals surface area contributed by atoms with E-state index in [1.165, 1.54) is 0 Å². The molecule has 9 heteroatoms. The van der Waals surface area contributed by atoms with Crippen LogP contribution in [0.5, 0.6) is 0 Å². The second-order valence-corrected chi connectivity index (χ2v) is 10.7. The molecule has 0 radical (unpaired) electrons. The highest BCUT2D eigenvalue weighted by Gasteiger charge is 2.26. The van der Waals surface area contributed by atoms with Crippen LogP contribution in [0, 0.1) is 5.92 Å². The number of rotatable bonds is 7. The van der Waals surface area contributed by atoms with Crippen molar-refractivity contribution in [3.63, 3.8) is 0 Å². The highest BCUT2D eigenvalue weighted by Crippen LogP contribution is 2.30. The number of furan rings is 1. The van der Waals surface area contributed by atoms with E-state index in [2.05, 4.69) is 43.8 Å². The lowest BCUT2D eigenvalue weighted by Gasteiger charge is -2.29. The summed E-state index contributed by atoms with van der Waals surface area (Å²) >= 11 is 0.899. The van der Waals surface area contributed by atoms with E-state index in [1.807, 2.05) is 30.5 Å². The van der Waals surface area contributed by atoms with Crippen LogP contribution in [0.15, 0.2) is 70.2 Å². The van der Waals surface area contributed by atoms with E-state index in [-0.39, 0.29) is 11.1 Å². The van der Waals surface area contributed by atoms with E-state index in [0.29, 0.717) is 22.6 Å². The number of hydrogen-bond donors (Lipinski definition) is 2. The molecule has 2 fully saturated rings. The van der Waals surface area contributed by atoms with Gasteiger partial charge in [-0.2, -0.15) is 0 Å². The number of nitrogens with one attached hydrogen (secondary N) is 2. The molecule has 2 aliphatic rings. The molecule has 1 aromatic carbocycles. The number of carbonyl (C=O) groups excluding carboxylic acids is 2. The minimum absolute atomic E-state index is 0.352. The molecule has 2 N–H and O–H groups in total. The summed E-state index contributed by atoms with van der Waals surface area (Å²) in [7, 11) is 0. The van der Waals surface area contributed by atoms with Crippen LogP contribution in [0.1, 0.15) is 42.8 Å². The molecule has 4 heterocycles. The van der Waals surface area contributed by atoms with E-state index < -0.39 is 0 Å². The van der Waals surface area contributed by atoms with Crippen molar-refractivity contribution in [1.29, 1.82) is 0 Å². The minimum atomic E-state index is -0.373. The zero-order valence-corrected chi connectivity index (χ0v) is 21.5. The van der Waals surface area contributed by atoms with Crippen molar-refractivity contribution in [1.82, 2.24) is 25.6 Å². The van der Waals surface area contributed by atoms with Gasteiger partial charge in [0.25, 0.3) is 11.1 Å². The summed E-state index contributed by atoms with van der Waals surface area (Å²) in [5.41, 5.74) is 3.53. The topological polar surface area (TPSA) is 110 Å². The summed E-state index contributed by atoms with van der Waals surface area (Å²) in [6.45, 7) is 0.740. The average molecular weight is 526 g/mol. The molecule has 1 aliphatic heterocycles. The maximum atomic E-state index is 11.8. The minimum Gasteiger partial charge on any atom is -0.454 e. The summed E-state index contributed by atoms with van der Waals surface area (Å²) in [6, 6.07) is 16.4. The number of para-hydroxylation sites is 1. The van der Waals surface area contributed by atoms with Gasteiger partial charge in [-0.1, -0.05) is 24.3 Å². The summed E-state index contributed by atoms with van der Waals surface area (Å²) in [4.78, 5) is 37.3. The van der Waals surface area contributed by atoms with Gasteiger partial charge in [0, 0.05) is 36.8 Å². The molecule has 0 atom stereocenters. The summed E-state index contributed by atoms with van der Waals surface area (Å²) in [5, 5.41) is 6.73. The van der Waals surface area contributed by atoms with Gasteiger partial charge in [0.15, 0.2) is 5.76 Å². The monoisotopic (exact) mass is 525 g/mol. The Kier molecular flexibility index (Phi) is 7.02. The Morgan fingerprint density at radius 2 is 1.89 bits per heavy atom. The van der Waals surface area contributed by atoms with Crippen molar-refractivity contribution >= 4 is 40.0 Å². The van der Waals surface area contributed by atoms with Crippen LogP contribution in [0.25, 0.3) is 28.5 Å². The van der Waals surface area contributed by atoms with Gasteiger partial charge in [-0.05, 0) is 79.3 Å². The van der Waals surface area contributed by atoms with Crippen LogP contribution < -0.4 is 10.6 Å². The molecule has 0 unspecified atom stereocenters. The maximum Gasteiger partial charge on any atom is 0.290 e. The van der Waals surface area contributed by atoms with E-state index in [9.17, 15) is 9.59 Å². The summed E-state index contributed by atoms with van der Waals surface area (Å²) in [5.74, 6) is 1.72. The fourth-order valence-electron chi connectivity index (χ4n) is 5.13. The third-order valence-electron chi connectivity index (χ3n) is 7.10. The van der Waals surface area contributed by atoms with Crippen molar-refractivity contribution in [2.45, 2.75) is 44.7 Å². The number of thioether (sulfide) groups is 1. The molecule has 0 bridgehead atoms. The maximum absolute atomic E-state index is 11.8. The van der Waals surface area contributed by atoms with Crippen molar-refractivity contribution in [2.24, 2.45) is 5.92 Å². The first-order valence-corrected chi connectivity index (χ1v) is 13.7. The van der Waals surface area contributed by atoms with E-state index in [1.54, 1.807) is 18.3 Å². The number of amides is 2. The second kappa shape index (κ2) is 10.9. The number of fused-ring (bicyclic) bond motifs is 1. The Morgan fingerprint density at radius 3 is 2.71 bits per heavy atom. The molecule has 1 aliphatic carbocycles. The smallest absolute Gasteiger partial charge is 0.290 e. The van der Waals surface area contributed by atoms with E-state index in [0.717, 1.165) is 84.2 Å². The van der Waals surface area contributed by atoms with Gasteiger partial charge in [0.1, 0.15) is 17.1 Å². The number of imide groups is 1. The van der Waals surface area contributed by atoms with Gasteiger partial charge in [0.2, 0.25) is 0 Å². The SMILES string of the molecule is O=C1NC(=O)/C(=C/c2ccnc(CC3CCC(NCc4cccnc4-c4cc5ccccc5o4)CC3)n2)S1. The number of nitrogens with zero attached hydrogens (tertiary/aromatic N) is 3. The third-order valence-corrected chi connectivity index (χ3v) is 7.91. The Labute approximate surface area is 224 Å². The number of benzene rings is 1. The van der Waals surface area contributed by atoms with E-state index in [4.69, 9.17) is 4.42 Å². The second-order valence-electron chi connectivity index (χ2n) is 9.71. The van der Waals surface area contributed by atoms with Gasteiger partial charge >= 0.3 is 0 Å². The molecule has 6 rings (SSSR count). The number of carbonyl (C=O) groups is 2. The van der Waals surface area contributed by atoms with Gasteiger partial charge in [-0.3, -0.25) is 19.9 Å². The number of hydrogen-bond acceptors (Lipinski definition) is 8. The van der Waals surface area contributed by atoms with Crippen molar-refractivity contribution in [2.75, 3.05) is 0 Å². The Balaban J connectivity index is 1.04. The molecular weight excluding hydrogens is 498 g/mol. The predicted molar refractivity (Wildman–Crippen MR) is 147 cm³/mol. The molecule has 1 saturated heterocycles. The molecule has 1 saturated carbocycles. The fraction of sp³-hybridized carbons (Fsp3) is 0.276. The Bertz CT molecular complexity index is 1490. The average Bonchev–Trinajstić information content (AvgIpc) is 3.50. The first-order chi connectivity index (χ1) is 18.6. The summed E-state index contributed by atoms with van der Waals surface area (Å²) < 4.78 is 6.07. The zero-order valence-electron chi connectivity index (χ0n) is 20.7. The highest BCUT2D eigenvalue weighted by atomic mass is 32.2. The first kappa shape index (κ1) is 24.5. The third kappa shape index (κ3) is 5.54. The normalized spacial score (nSPS) is 20.8. The predicted octanol–water partition coefficient (Wildman–Crippen LogP) is 5.50. The molecule has 0 spiro atoms. The van der Waals surface area contributed by atoms with Gasteiger partial charge in [0.05, 0.1) is 10.6 Å². The van der Waals surface area contributed by atoms with Gasteiger partial charge in [-0.15, -0.1) is 0 Å². The Morgan fingerprint density at radius 1 is 1.03 bits per heavy atom. The summed E-state index contributed by atoms with van der Waals surface area (Å²) in [6.07, 6.45) is 10.4. The zero-order chi connectivity index (χ0) is 25.9. The molecule has 3 aromatic heterocycles. The van der Waals surface area contributed by atoms with Crippen LogP contribution >= 0.6 is 11.8 Å². The standard InChI is InChI=1S/C29H27N5O3S/c35-28-25(38-29(36)34-28)16-22-11-13-30-26(33-22)14-18-7-9-21(10-8-18)32-17-20-5-3-12-31-27(20)24-15-19-4-1-2-6-23(19)37-24/h1-6,11-13,15-16,18,21,32H,7-10,14,17H2,(H,34,35,36)/b25-16-. The molecular formula is C29H27N5O3S. The highest BCUT2D eigenvalue weighted by molar-refractivity contribution is 8.18. The first-order valence-electron chi connectivity index (χ1n) is 12.8.